The van der Waals surface area contributed by atoms with Crippen LogP contribution in [0.2, 0.25) is 0 Å². The molecule has 0 aromatic rings. The van der Waals surface area contributed by atoms with Crippen LogP contribution in [0.1, 0.15) is 79.1 Å². The maximum Gasteiger partial charge on any atom is 0.315 e. The fourth-order valence-electron chi connectivity index (χ4n) is 3.77. The molecule has 0 spiro atoms. The number of ether oxygens (including phenoxy) is 3. The van der Waals surface area contributed by atoms with Crippen LogP contribution in [0.3, 0.4) is 0 Å². The first-order chi connectivity index (χ1) is 20.5. The predicted molar refractivity (Wildman–Crippen MR) is 168 cm³/mol. The molecule has 0 aromatic carbocycles. The molecule has 12 nitrogen and oxygen atoms in total. The average molecular weight is 620 g/mol. The molecule has 246 valence electrons. The normalized spacial score (nSPS) is 16.5. The van der Waals surface area contributed by atoms with E-state index < -0.39 is 0 Å². The van der Waals surface area contributed by atoms with Gasteiger partial charge in [0, 0.05) is 63.6 Å². The van der Waals surface area contributed by atoms with Gasteiger partial charge in [0.25, 0.3) is 0 Å². The lowest BCUT2D eigenvalue weighted by atomic mass is 10.2. The molecule has 2 atom stereocenters. The summed E-state index contributed by atoms with van der Waals surface area (Å²) in [7, 11) is 0. The van der Waals surface area contributed by atoms with E-state index in [1.54, 1.807) is 0 Å². The Bertz CT molecular complexity index is 704. The molecular formula is C29H57N5O7S. The van der Waals surface area contributed by atoms with Gasteiger partial charge in [-0.2, -0.15) is 11.8 Å². The van der Waals surface area contributed by atoms with Crippen molar-refractivity contribution in [3.8, 4) is 0 Å². The largest absolute Gasteiger partial charge is 0.379 e. The second-order valence-corrected chi connectivity index (χ2v) is 10.6. The summed E-state index contributed by atoms with van der Waals surface area (Å²) in [6.07, 6.45) is 5.40. The van der Waals surface area contributed by atoms with Gasteiger partial charge in [-0.15, -0.1) is 0 Å². The van der Waals surface area contributed by atoms with E-state index in [0.29, 0.717) is 97.0 Å². The molecule has 2 unspecified atom stereocenters. The molecule has 0 bridgehead atoms. The molecule has 5 N–H and O–H groups in total. The first-order valence-corrected chi connectivity index (χ1v) is 16.8. The Morgan fingerprint density at radius 2 is 1.12 bits per heavy atom. The van der Waals surface area contributed by atoms with Gasteiger partial charge in [-0.1, -0.05) is 27.2 Å². The molecule has 5 amide bonds. The topological polar surface area (TPSA) is 156 Å². The lowest BCUT2D eigenvalue weighted by Gasteiger charge is -2.08. The zero-order valence-electron chi connectivity index (χ0n) is 26.4. The van der Waals surface area contributed by atoms with Gasteiger partial charge < -0.3 is 40.8 Å². The van der Waals surface area contributed by atoms with Crippen LogP contribution < -0.4 is 26.6 Å². The van der Waals surface area contributed by atoms with E-state index >= 15 is 0 Å². The predicted octanol–water partition coefficient (Wildman–Crippen LogP) is 2.35. The summed E-state index contributed by atoms with van der Waals surface area (Å²) >= 11 is 1.89. The van der Waals surface area contributed by atoms with E-state index in [1.165, 1.54) is 0 Å². The first kappa shape index (κ1) is 39.9. The van der Waals surface area contributed by atoms with Crippen molar-refractivity contribution < 1.29 is 33.4 Å². The van der Waals surface area contributed by atoms with Crippen molar-refractivity contribution in [3.05, 3.63) is 0 Å². The van der Waals surface area contributed by atoms with E-state index in [9.17, 15) is 19.2 Å². The van der Waals surface area contributed by atoms with Crippen LogP contribution >= 0.6 is 11.8 Å². The highest BCUT2D eigenvalue weighted by Gasteiger charge is 2.35. The van der Waals surface area contributed by atoms with Gasteiger partial charge >= 0.3 is 6.03 Å². The van der Waals surface area contributed by atoms with Crippen molar-refractivity contribution >= 4 is 35.5 Å². The van der Waals surface area contributed by atoms with Gasteiger partial charge in [0.15, 0.2) is 0 Å². The number of nitrogens with one attached hydrogen (secondary N) is 5. The third-order valence-corrected chi connectivity index (χ3v) is 7.16. The Balaban J connectivity index is 0.00000125. The number of amides is 5. The summed E-state index contributed by atoms with van der Waals surface area (Å²) < 4.78 is 16.3. The van der Waals surface area contributed by atoms with Crippen molar-refractivity contribution in [1.29, 1.82) is 0 Å². The zero-order valence-corrected chi connectivity index (χ0v) is 27.2. The van der Waals surface area contributed by atoms with Crippen molar-refractivity contribution in [2.75, 3.05) is 70.8 Å². The van der Waals surface area contributed by atoms with Crippen molar-refractivity contribution in [1.82, 2.24) is 26.6 Å². The first-order valence-electron chi connectivity index (χ1n) is 15.6. The molecule has 2 saturated heterocycles. The van der Waals surface area contributed by atoms with Crippen LogP contribution in [0.25, 0.3) is 0 Å². The fraction of sp³-hybridized carbons (Fsp3) is 0.862. The Morgan fingerprint density at radius 3 is 1.57 bits per heavy atom. The van der Waals surface area contributed by atoms with Crippen LogP contribution in [0, 0.1) is 0 Å². The monoisotopic (exact) mass is 619 g/mol. The number of carbonyl (C=O) groups excluding carboxylic acids is 4. The van der Waals surface area contributed by atoms with E-state index in [1.807, 2.05) is 32.5 Å². The molecule has 13 heteroatoms. The second kappa shape index (κ2) is 29.0. The molecule has 2 heterocycles. The maximum absolute atomic E-state index is 11.6. The molecule has 42 heavy (non-hydrogen) atoms. The Kier molecular flexibility index (Phi) is 27.6. The number of thioether (sulfide) groups is 1. The van der Waals surface area contributed by atoms with Crippen LogP contribution in [-0.2, 0) is 28.6 Å². The lowest BCUT2D eigenvalue weighted by molar-refractivity contribution is -0.123. The number of carbonyl (C=O) groups is 4. The molecule has 0 aliphatic carbocycles. The molecule has 0 saturated carbocycles. The van der Waals surface area contributed by atoms with Gasteiger partial charge in [0.2, 0.25) is 17.7 Å². The van der Waals surface area contributed by atoms with Gasteiger partial charge in [-0.25, -0.2) is 4.79 Å². The van der Waals surface area contributed by atoms with E-state index in [0.717, 1.165) is 37.2 Å². The zero-order chi connectivity index (χ0) is 31.3. The molecule has 0 aromatic heterocycles. The average Bonchev–Trinajstić information content (AvgIpc) is 3.56. The van der Waals surface area contributed by atoms with Gasteiger partial charge in [0.05, 0.1) is 38.5 Å². The van der Waals surface area contributed by atoms with E-state index in [2.05, 4.69) is 33.5 Å². The van der Waals surface area contributed by atoms with Crippen molar-refractivity contribution in [3.63, 3.8) is 0 Å². The quantitative estimate of drug-likeness (QED) is 0.0914. The highest BCUT2D eigenvalue weighted by Crippen LogP contribution is 2.20. The minimum Gasteiger partial charge on any atom is -0.379 e. The van der Waals surface area contributed by atoms with E-state index in [-0.39, 0.29) is 23.8 Å². The number of unbranched alkanes of at least 4 members (excludes halogenated alkanes) is 1. The SMILES string of the molecule is CC.CCCCC(=O)NCCCOCCOCCOCCCNC(=O)CCCC(=O)NCC.O=C1NC2CSCC2N1. The summed E-state index contributed by atoms with van der Waals surface area (Å²) in [4.78, 5) is 45.0. The highest BCUT2D eigenvalue weighted by molar-refractivity contribution is 7.99. The molecular weight excluding hydrogens is 562 g/mol. The van der Waals surface area contributed by atoms with Crippen LogP contribution in [0.15, 0.2) is 0 Å². The number of rotatable bonds is 22. The van der Waals surface area contributed by atoms with Gasteiger partial charge in [-0.3, -0.25) is 14.4 Å². The molecule has 0 radical (unpaired) electrons. The Hall–Kier alpha value is -2.09. The van der Waals surface area contributed by atoms with Gasteiger partial charge in [-0.05, 0) is 32.6 Å². The van der Waals surface area contributed by atoms with Crippen LogP contribution in [0.5, 0.6) is 0 Å². The minimum absolute atomic E-state index is 0.00491. The molecule has 2 rings (SSSR count). The highest BCUT2D eigenvalue weighted by atomic mass is 32.2. The maximum atomic E-state index is 11.6. The summed E-state index contributed by atoms with van der Waals surface area (Å²) in [5, 5.41) is 14.1. The lowest BCUT2D eigenvalue weighted by Crippen LogP contribution is -2.31. The number of hydrogen-bond acceptors (Lipinski definition) is 8. The molecule has 2 fully saturated rings. The third-order valence-electron chi connectivity index (χ3n) is 5.97. The summed E-state index contributed by atoms with van der Waals surface area (Å²) in [5.41, 5.74) is 0. The fourth-order valence-corrected chi connectivity index (χ4v) is 5.05. The summed E-state index contributed by atoms with van der Waals surface area (Å²) in [6.45, 7) is 13.0. The van der Waals surface area contributed by atoms with Gasteiger partial charge in [0.1, 0.15) is 0 Å². The minimum atomic E-state index is -0.0356. The third kappa shape index (κ3) is 23.5. The standard InChI is InChI=1S/C22H43N3O6.C5H8N2OS.C2H6/c1-3-5-9-21(27)24-12-7-14-29-16-18-31-19-17-30-15-8-13-25-22(28)11-6-10-20(26)23-4-2;8-5-6-3-1-9-2-4(3)7-5;1-2/h3-19H2,1-2H3,(H,23,26)(H,24,27)(H,25,28);3-4H,1-2H2,(H2,6,7,8);1-2H3. The number of fused-ring (bicyclic) bond motifs is 1. The number of urea groups is 1. The van der Waals surface area contributed by atoms with Crippen molar-refractivity contribution in [2.24, 2.45) is 0 Å². The second-order valence-electron chi connectivity index (χ2n) is 9.52. The van der Waals surface area contributed by atoms with Crippen LogP contribution in [-0.4, -0.2) is 107 Å². The smallest absolute Gasteiger partial charge is 0.315 e. The summed E-state index contributed by atoms with van der Waals surface area (Å²) in [5.74, 6) is 2.21. The Labute approximate surface area is 257 Å². The van der Waals surface area contributed by atoms with Crippen LogP contribution in [0.4, 0.5) is 4.79 Å². The summed E-state index contributed by atoms with van der Waals surface area (Å²) in [6, 6.07) is 0.815. The number of hydrogen-bond donors (Lipinski definition) is 5. The van der Waals surface area contributed by atoms with E-state index in [4.69, 9.17) is 14.2 Å². The Morgan fingerprint density at radius 1 is 0.690 bits per heavy atom. The van der Waals surface area contributed by atoms with Crippen molar-refractivity contribution in [2.45, 2.75) is 91.1 Å². The molecule has 2 aliphatic heterocycles. The molecule has 2 aliphatic rings.